The fourth-order valence-electron chi connectivity index (χ4n) is 1.13. The quantitative estimate of drug-likeness (QED) is 0.736. The number of amides is 1. The van der Waals surface area contributed by atoms with E-state index in [4.69, 9.17) is 10.5 Å². The second-order valence-corrected chi connectivity index (χ2v) is 3.23. The number of hydrogen-bond donors (Lipinski definition) is 2. The molecule has 3 N–H and O–H groups in total. The van der Waals surface area contributed by atoms with Crippen molar-refractivity contribution in [3.05, 3.63) is 23.9 Å². The largest absolute Gasteiger partial charge is 0.384 e. The van der Waals surface area contributed by atoms with E-state index in [0.717, 1.165) is 5.56 Å². The SMILES string of the molecule is COCCC(=O)Nc1cc(C#CCN)ccn1. The highest BCUT2D eigenvalue weighted by atomic mass is 16.5. The minimum absolute atomic E-state index is 0.136. The topological polar surface area (TPSA) is 77.2 Å². The van der Waals surface area contributed by atoms with Gasteiger partial charge in [0.2, 0.25) is 5.91 Å². The fourth-order valence-corrected chi connectivity index (χ4v) is 1.13. The zero-order chi connectivity index (χ0) is 12.5. The number of hydrogen-bond acceptors (Lipinski definition) is 4. The van der Waals surface area contributed by atoms with Crippen molar-refractivity contribution in [3.8, 4) is 11.8 Å². The van der Waals surface area contributed by atoms with Gasteiger partial charge < -0.3 is 15.8 Å². The summed E-state index contributed by atoms with van der Waals surface area (Å²) in [6, 6.07) is 3.46. The van der Waals surface area contributed by atoms with E-state index in [1.165, 1.54) is 0 Å². The van der Waals surface area contributed by atoms with Gasteiger partial charge >= 0.3 is 0 Å². The molecule has 0 aliphatic heterocycles. The number of nitrogens with two attached hydrogens (primary N) is 1. The Hall–Kier alpha value is -1.90. The summed E-state index contributed by atoms with van der Waals surface area (Å²) in [6.45, 7) is 0.691. The first-order valence-corrected chi connectivity index (χ1v) is 5.20. The van der Waals surface area contributed by atoms with Crippen LogP contribution in [0.2, 0.25) is 0 Å². The van der Waals surface area contributed by atoms with E-state index in [0.29, 0.717) is 25.4 Å². The first kappa shape index (κ1) is 13.2. The van der Waals surface area contributed by atoms with Crippen LogP contribution in [0.3, 0.4) is 0 Å². The third-order valence-electron chi connectivity index (χ3n) is 1.90. The zero-order valence-corrected chi connectivity index (χ0v) is 9.69. The number of nitrogens with zero attached hydrogens (tertiary/aromatic N) is 1. The maximum Gasteiger partial charge on any atom is 0.227 e. The molecule has 0 fully saturated rings. The molecule has 0 saturated carbocycles. The molecule has 5 heteroatoms. The molecule has 0 atom stereocenters. The zero-order valence-electron chi connectivity index (χ0n) is 9.69. The average Bonchev–Trinajstić information content (AvgIpc) is 2.34. The van der Waals surface area contributed by atoms with Gasteiger partial charge in [0.15, 0.2) is 0 Å². The van der Waals surface area contributed by atoms with Crippen LogP contribution < -0.4 is 11.1 Å². The molecule has 0 spiro atoms. The van der Waals surface area contributed by atoms with E-state index in [1.807, 2.05) is 0 Å². The highest BCUT2D eigenvalue weighted by Gasteiger charge is 2.02. The highest BCUT2D eigenvalue weighted by molar-refractivity contribution is 5.89. The number of nitrogens with one attached hydrogen (secondary N) is 1. The third-order valence-corrected chi connectivity index (χ3v) is 1.90. The van der Waals surface area contributed by atoms with Crippen molar-refractivity contribution in [2.45, 2.75) is 6.42 Å². The summed E-state index contributed by atoms with van der Waals surface area (Å²) in [4.78, 5) is 15.4. The Morgan fingerprint density at radius 1 is 1.65 bits per heavy atom. The molecule has 0 unspecified atom stereocenters. The minimum atomic E-state index is -0.136. The van der Waals surface area contributed by atoms with Gasteiger partial charge in [-0.2, -0.15) is 0 Å². The molecule has 0 bridgehead atoms. The monoisotopic (exact) mass is 233 g/mol. The van der Waals surface area contributed by atoms with Crippen LogP contribution in [-0.4, -0.2) is 31.2 Å². The predicted molar refractivity (Wildman–Crippen MR) is 65.3 cm³/mol. The lowest BCUT2D eigenvalue weighted by Gasteiger charge is -2.03. The first-order chi connectivity index (χ1) is 8.26. The Bertz CT molecular complexity index is 435. The summed E-state index contributed by atoms with van der Waals surface area (Å²) in [5.74, 6) is 5.95. The number of carbonyl (C=O) groups is 1. The number of anilines is 1. The van der Waals surface area contributed by atoms with Gasteiger partial charge in [0.05, 0.1) is 19.6 Å². The Morgan fingerprint density at radius 2 is 2.47 bits per heavy atom. The molecule has 1 aromatic heterocycles. The summed E-state index contributed by atoms with van der Waals surface area (Å²) >= 11 is 0. The standard InChI is InChI=1S/C12H15N3O2/c1-17-8-5-12(16)15-11-9-10(3-2-6-13)4-7-14-11/h4,7,9H,5-6,8,13H2,1H3,(H,14,15,16). The summed E-state index contributed by atoms with van der Waals surface area (Å²) in [5.41, 5.74) is 6.05. The van der Waals surface area contributed by atoms with Crippen LogP contribution in [0.15, 0.2) is 18.3 Å². The number of methoxy groups -OCH3 is 1. The van der Waals surface area contributed by atoms with E-state index in [9.17, 15) is 4.79 Å². The van der Waals surface area contributed by atoms with E-state index < -0.39 is 0 Å². The van der Waals surface area contributed by atoms with Gasteiger partial charge in [0.25, 0.3) is 0 Å². The van der Waals surface area contributed by atoms with Crippen LogP contribution >= 0.6 is 0 Å². The molecular weight excluding hydrogens is 218 g/mol. The summed E-state index contributed by atoms with van der Waals surface area (Å²) < 4.78 is 4.81. The van der Waals surface area contributed by atoms with E-state index in [2.05, 4.69) is 22.1 Å². The number of pyridine rings is 1. The van der Waals surface area contributed by atoms with Gasteiger partial charge in [0.1, 0.15) is 5.82 Å². The van der Waals surface area contributed by atoms with Crippen LogP contribution in [-0.2, 0) is 9.53 Å². The third kappa shape index (κ3) is 5.11. The molecule has 0 saturated heterocycles. The van der Waals surface area contributed by atoms with Gasteiger partial charge in [0, 0.05) is 18.9 Å². The molecule has 1 rings (SSSR count). The van der Waals surface area contributed by atoms with E-state index in [1.54, 1.807) is 25.4 Å². The van der Waals surface area contributed by atoms with Gasteiger partial charge in [-0.3, -0.25) is 4.79 Å². The number of carbonyl (C=O) groups excluding carboxylic acids is 1. The second-order valence-electron chi connectivity index (χ2n) is 3.23. The van der Waals surface area contributed by atoms with Gasteiger partial charge in [-0.25, -0.2) is 4.98 Å². The molecule has 1 amide bonds. The molecule has 90 valence electrons. The van der Waals surface area contributed by atoms with Crippen molar-refractivity contribution in [2.75, 3.05) is 25.6 Å². The summed E-state index contributed by atoms with van der Waals surface area (Å²) in [7, 11) is 1.55. The van der Waals surface area contributed by atoms with E-state index in [-0.39, 0.29) is 5.91 Å². The predicted octanol–water partition coefficient (Wildman–Crippen LogP) is 0.367. The molecule has 0 aliphatic carbocycles. The van der Waals surface area contributed by atoms with Crippen LogP contribution in [0.25, 0.3) is 0 Å². The molecule has 0 radical (unpaired) electrons. The number of aromatic nitrogens is 1. The Kier molecular flexibility index (Phi) is 5.72. The van der Waals surface area contributed by atoms with E-state index >= 15 is 0 Å². The van der Waals surface area contributed by atoms with Gasteiger partial charge in [-0.15, -0.1) is 0 Å². The molecular formula is C12H15N3O2. The lowest BCUT2D eigenvalue weighted by Crippen LogP contribution is -2.14. The summed E-state index contributed by atoms with van der Waals surface area (Å²) in [6.07, 6.45) is 1.89. The van der Waals surface area contributed by atoms with Crippen LogP contribution in [0.4, 0.5) is 5.82 Å². The molecule has 1 aromatic rings. The maximum atomic E-state index is 11.4. The van der Waals surface area contributed by atoms with Gasteiger partial charge in [-0.1, -0.05) is 11.8 Å². The van der Waals surface area contributed by atoms with Crippen LogP contribution in [0, 0.1) is 11.8 Å². The lowest BCUT2D eigenvalue weighted by atomic mass is 10.2. The lowest BCUT2D eigenvalue weighted by molar-refractivity contribution is -0.117. The second kappa shape index (κ2) is 7.39. The number of ether oxygens (including phenoxy) is 1. The van der Waals surface area contributed by atoms with Crippen molar-refractivity contribution in [1.29, 1.82) is 0 Å². The maximum absolute atomic E-state index is 11.4. The minimum Gasteiger partial charge on any atom is -0.384 e. The molecule has 17 heavy (non-hydrogen) atoms. The van der Waals surface area contributed by atoms with Crippen molar-refractivity contribution in [1.82, 2.24) is 4.98 Å². The molecule has 0 aliphatic rings. The highest BCUT2D eigenvalue weighted by Crippen LogP contribution is 2.05. The van der Waals surface area contributed by atoms with Crippen molar-refractivity contribution in [3.63, 3.8) is 0 Å². The smallest absolute Gasteiger partial charge is 0.227 e. The Balaban J connectivity index is 2.62. The van der Waals surface area contributed by atoms with Crippen molar-refractivity contribution < 1.29 is 9.53 Å². The summed E-state index contributed by atoms with van der Waals surface area (Å²) in [5, 5.41) is 2.66. The molecule has 1 heterocycles. The average molecular weight is 233 g/mol. The van der Waals surface area contributed by atoms with Gasteiger partial charge in [-0.05, 0) is 12.1 Å². The first-order valence-electron chi connectivity index (χ1n) is 5.20. The molecule has 5 nitrogen and oxygen atoms in total. The molecule has 0 aromatic carbocycles. The van der Waals surface area contributed by atoms with Crippen molar-refractivity contribution >= 4 is 11.7 Å². The fraction of sp³-hybridized carbons (Fsp3) is 0.333. The Morgan fingerprint density at radius 3 is 3.18 bits per heavy atom. The number of rotatable bonds is 4. The van der Waals surface area contributed by atoms with Crippen LogP contribution in [0.1, 0.15) is 12.0 Å². The normalized spacial score (nSPS) is 9.29. The van der Waals surface area contributed by atoms with Crippen molar-refractivity contribution in [2.24, 2.45) is 5.73 Å². The Labute approximate surface area is 100 Å². The van der Waals surface area contributed by atoms with Crippen LogP contribution in [0.5, 0.6) is 0 Å².